The van der Waals surface area contributed by atoms with Crippen molar-refractivity contribution in [2.24, 2.45) is 5.92 Å². The minimum Gasteiger partial charge on any atom is -0.381 e. The average molecular weight is 379 g/mol. The van der Waals surface area contributed by atoms with Gasteiger partial charge in [0.15, 0.2) is 0 Å². The zero-order valence-corrected chi connectivity index (χ0v) is 15.8. The van der Waals surface area contributed by atoms with E-state index in [1.165, 1.54) is 12.1 Å². The zero-order chi connectivity index (χ0) is 18.0. The SMILES string of the molecule is O=C(Cc1cccc(F)c1)N1CC2(C[C@H](OCC3CCOCC3)CS2)C1. The van der Waals surface area contributed by atoms with Gasteiger partial charge in [0, 0.05) is 38.7 Å². The van der Waals surface area contributed by atoms with E-state index in [4.69, 9.17) is 9.47 Å². The summed E-state index contributed by atoms with van der Waals surface area (Å²) < 4.78 is 25.0. The third kappa shape index (κ3) is 4.24. The van der Waals surface area contributed by atoms with E-state index in [0.717, 1.165) is 63.5 Å². The third-order valence-corrected chi connectivity index (χ3v) is 7.21. The molecular weight excluding hydrogens is 353 g/mol. The van der Waals surface area contributed by atoms with E-state index in [1.54, 1.807) is 12.1 Å². The monoisotopic (exact) mass is 379 g/mol. The number of benzene rings is 1. The molecule has 3 saturated heterocycles. The summed E-state index contributed by atoms with van der Waals surface area (Å²) in [5.41, 5.74) is 0.743. The number of nitrogens with zero attached hydrogens (tertiary/aromatic N) is 1. The first-order valence-corrected chi connectivity index (χ1v) is 10.5. The molecule has 4 nitrogen and oxygen atoms in total. The lowest BCUT2D eigenvalue weighted by atomic mass is 9.92. The lowest BCUT2D eigenvalue weighted by Crippen LogP contribution is -2.61. The molecule has 0 aromatic heterocycles. The summed E-state index contributed by atoms with van der Waals surface area (Å²) in [7, 11) is 0. The van der Waals surface area contributed by atoms with Gasteiger partial charge in [0.25, 0.3) is 0 Å². The van der Waals surface area contributed by atoms with E-state index in [1.807, 2.05) is 16.7 Å². The summed E-state index contributed by atoms with van der Waals surface area (Å²) in [6.45, 7) is 4.15. The van der Waals surface area contributed by atoms with E-state index in [-0.39, 0.29) is 22.9 Å². The molecule has 1 spiro atoms. The Morgan fingerprint density at radius 1 is 1.35 bits per heavy atom. The number of likely N-dealkylation sites (tertiary alicyclic amines) is 1. The standard InChI is InChI=1S/C20H26FNO3S/c21-17-3-1-2-16(8-17)9-19(23)22-13-20(14-22)10-18(12-26-20)25-11-15-4-6-24-7-5-15/h1-3,8,15,18H,4-7,9-14H2/t18-/m0/s1. The second-order valence-electron chi connectivity index (χ2n) is 7.77. The van der Waals surface area contributed by atoms with Gasteiger partial charge in [-0.1, -0.05) is 12.1 Å². The van der Waals surface area contributed by atoms with Crippen molar-refractivity contribution < 1.29 is 18.7 Å². The van der Waals surface area contributed by atoms with E-state index in [9.17, 15) is 9.18 Å². The first kappa shape index (κ1) is 18.3. The van der Waals surface area contributed by atoms with Crippen LogP contribution >= 0.6 is 11.8 Å². The smallest absolute Gasteiger partial charge is 0.227 e. The Morgan fingerprint density at radius 2 is 2.15 bits per heavy atom. The molecule has 4 rings (SSSR count). The molecule has 3 heterocycles. The van der Waals surface area contributed by atoms with Crippen LogP contribution in [0, 0.1) is 11.7 Å². The van der Waals surface area contributed by atoms with Gasteiger partial charge in [0.2, 0.25) is 5.91 Å². The molecule has 1 aromatic carbocycles. The molecule has 0 unspecified atom stereocenters. The van der Waals surface area contributed by atoms with E-state index >= 15 is 0 Å². The number of halogens is 1. The molecule has 0 saturated carbocycles. The third-order valence-electron chi connectivity index (χ3n) is 5.64. The molecular formula is C20H26FNO3S. The van der Waals surface area contributed by atoms with Crippen molar-refractivity contribution in [2.45, 2.75) is 36.5 Å². The number of thioether (sulfide) groups is 1. The van der Waals surface area contributed by atoms with Crippen molar-refractivity contribution in [1.29, 1.82) is 0 Å². The van der Waals surface area contributed by atoms with E-state index < -0.39 is 0 Å². The van der Waals surface area contributed by atoms with Crippen molar-refractivity contribution in [3.05, 3.63) is 35.6 Å². The topological polar surface area (TPSA) is 38.8 Å². The largest absolute Gasteiger partial charge is 0.381 e. The number of ether oxygens (including phenoxy) is 2. The molecule has 0 radical (unpaired) electrons. The van der Waals surface area contributed by atoms with Crippen LogP contribution in [0.2, 0.25) is 0 Å². The van der Waals surface area contributed by atoms with Gasteiger partial charge >= 0.3 is 0 Å². The van der Waals surface area contributed by atoms with E-state index in [2.05, 4.69) is 0 Å². The van der Waals surface area contributed by atoms with Crippen LogP contribution in [0.4, 0.5) is 4.39 Å². The van der Waals surface area contributed by atoms with Crippen LogP contribution in [-0.4, -0.2) is 60.3 Å². The van der Waals surface area contributed by atoms with Gasteiger partial charge in [0.05, 0.1) is 17.3 Å². The van der Waals surface area contributed by atoms with Crippen LogP contribution < -0.4 is 0 Å². The highest BCUT2D eigenvalue weighted by atomic mass is 32.2. The van der Waals surface area contributed by atoms with Gasteiger partial charge in [0.1, 0.15) is 5.82 Å². The lowest BCUT2D eigenvalue weighted by molar-refractivity contribution is -0.136. The minimum absolute atomic E-state index is 0.0911. The molecule has 3 fully saturated rings. The Morgan fingerprint density at radius 3 is 2.92 bits per heavy atom. The van der Waals surface area contributed by atoms with Gasteiger partial charge in [-0.05, 0) is 42.9 Å². The fourth-order valence-corrected chi connectivity index (χ4v) is 5.63. The maximum Gasteiger partial charge on any atom is 0.227 e. The predicted octanol–water partition coefficient (Wildman–Crippen LogP) is 2.90. The predicted molar refractivity (Wildman–Crippen MR) is 99.8 cm³/mol. The minimum atomic E-state index is -0.286. The van der Waals surface area contributed by atoms with Crippen molar-refractivity contribution in [1.82, 2.24) is 4.90 Å². The highest BCUT2D eigenvalue weighted by molar-refractivity contribution is 8.01. The Bertz CT molecular complexity index is 644. The summed E-state index contributed by atoms with van der Waals surface area (Å²) in [5.74, 6) is 1.46. The number of amides is 1. The fraction of sp³-hybridized carbons (Fsp3) is 0.650. The number of rotatable bonds is 5. The maximum atomic E-state index is 13.3. The van der Waals surface area contributed by atoms with Crippen molar-refractivity contribution in [3.63, 3.8) is 0 Å². The first-order chi connectivity index (χ1) is 12.6. The summed E-state index contributed by atoms with van der Waals surface area (Å²) in [6, 6.07) is 6.31. The van der Waals surface area contributed by atoms with Crippen LogP contribution in [-0.2, 0) is 20.7 Å². The highest BCUT2D eigenvalue weighted by Crippen LogP contribution is 2.46. The van der Waals surface area contributed by atoms with Crippen LogP contribution in [0.1, 0.15) is 24.8 Å². The molecule has 3 aliphatic heterocycles. The second-order valence-corrected chi connectivity index (χ2v) is 9.25. The van der Waals surface area contributed by atoms with E-state index in [0.29, 0.717) is 12.0 Å². The van der Waals surface area contributed by atoms with Gasteiger partial charge < -0.3 is 14.4 Å². The van der Waals surface area contributed by atoms with Gasteiger partial charge in [-0.15, -0.1) is 11.8 Å². The van der Waals surface area contributed by atoms with Gasteiger partial charge in [-0.25, -0.2) is 4.39 Å². The molecule has 6 heteroatoms. The van der Waals surface area contributed by atoms with Crippen LogP contribution in [0.25, 0.3) is 0 Å². The molecule has 0 aliphatic carbocycles. The zero-order valence-electron chi connectivity index (χ0n) is 15.0. The number of carbonyl (C=O) groups is 1. The first-order valence-electron chi connectivity index (χ1n) is 9.47. The molecule has 0 N–H and O–H groups in total. The number of hydrogen-bond donors (Lipinski definition) is 0. The highest BCUT2D eigenvalue weighted by Gasteiger charge is 2.50. The summed E-state index contributed by atoms with van der Waals surface area (Å²) >= 11 is 1.95. The average Bonchev–Trinajstić information content (AvgIpc) is 3.04. The van der Waals surface area contributed by atoms with Crippen molar-refractivity contribution >= 4 is 17.7 Å². The number of hydrogen-bond acceptors (Lipinski definition) is 4. The molecule has 3 aliphatic rings. The molecule has 26 heavy (non-hydrogen) atoms. The van der Waals surface area contributed by atoms with Gasteiger partial charge in [-0.3, -0.25) is 4.79 Å². The molecule has 142 valence electrons. The maximum absolute atomic E-state index is 13.3. The molecule has 1 atom stereocenters. The molecule has 1 amide bonds. The summed E-state index contributed by atoms with van der Waals surface area (Å²) in [5, 5.41) is 0. The fourth-order valence-electron chi connectivity index (χ4n) is 4.07. The van der Waals surface area contributed by atoms with Crippen LogP contribution in [0.3, 0.4) is 0 Å². The Labute approximate surface area is 158 Å². The Kier molecular flexibility index (Phi) is 5.53. The second kappa shape index (κ2) is 7.87. The normalized spacial score (nSPS) is 25.4. The van der Waals surface area contributed by atoms with Crippen LogP contribution in [0.15, 0.2) is 24.3 Å². The van der Waals surface area contributed by atoms with Crippen LogP contribution in [0.5, 0.6) is 0 Å². The Hall–Kier alpha value is -1.11. The molecule has 0 bridgehead atoms. The quantitative estimate of drug-likeness (QED) is 0.789. The summed E-state index contributed by atoms with van der Waals surface area (Å²) in [6.07, 6.45) is 3.83. The number of carbonyl (C=O) groups excluding carboxylic acids is 1. The van der Waals surface area contributed by atoms with Crippen molar-refractivity contribution in [3.8, 4) is 0 Å². The Balaban J connectivity index is 1.20. The molecule has 1 aromatic rings. The summed E-state index contributed by atoms with van der Waals surface area (Å²) in [4.78, 5) is 14.3. The lowest BCUT2D eigenvalue weighted by Gasteiger charge is -2.47. The van der Waals surface area contributed by atoms with Crippen molar-refractivity contribution in [2.75, 3.05) is 38.7 Å². The van der Waals surface area contributed by atoms with Gasteiger partial charge in [-0.2, -0.15) is 0 Å².